The number of amides is 3. The first-order chi connectivity index (χ1) is 10.4. The molecule has 0 aliphatic rings. The average molecular weight is 351 g/mol. The molecule has 0 bridgehead atoms. The summed E-state index contributed by atoms with van der Waals surface area (Å²) in [6.45, 7) is 7.81. The Labute approximate surface area is 136 Å². The van der Waals surface area contributed by atoms with Crippen molar-refractivity contribution >= 4 is 25.9 Å². The molecule has 0 aliphatic carbocycles. The molecule has 0 radical (unpaired) electrons. The second-order valence-electron chi connectivity index (χ2n) is 6.29. The van der Waals surface area contributed by atoms with E-state index in [0.717, 1.165) is 0 Å². The predicted octanol–water partition coefficient (Wildman–Crippen LogP) is 0.274. The third-order valence-corrected chi connectivity index (χ3v) is 3.19. The highest BCUT2D eigenvalue weighted by molar-refractivity contribution is 7.37. The minimum Gasteiger partial charge on any atom is -0.443 e. The number of hydrogen-bond acceptors (Lipinski definition) is 6. The van der Waals surface area contributed by atoms with Crippen LogP contribution >= 0.6 is 8.03 Å². The summed E-state index contributed by atoms with van der Waals surface area (Å²) < 4.78 is 16.2. The number of ether oxygens (including phenoxy) is 1. The summed E-state index contributed by atoms with van der Waals surface area (Å²) >= 11 is 0. The van der Waals surface area contributed by atoms with Crippen LogP contribution in [0.5, 0.6) is 0 Å². The normalized spacial score (nSPS) is 14.1. The molecule has 3 amide bonds. The minimum atomic E-state index is -3.15. The van der Waals surface area contributed by atoms with Crippen molar-refractivity contribution in [2.75, 3.05) is 12.8 Å². The van der Waals surface area contributed by atoms with Gasteiger partial charge < -0.3 is 20.7 Å². The van der Waals surface area contributed by atoms with Crippen molar-refractivity contribution in [3.05, 3.63) is 0 Å². The Hall–Kier alpha value is -1.44. The van der Waals surface area contributed by atoms with Crippen molar-refractivity contribution in [2.45, 2.75) is 46.3 Å². The van der Waals surface area contributed by atoms with E-state index in [1.54, 1.807) is 34.6 Å². The molecule has 0 aromatic rings. The Morgan fingerprint density at radius 1 is 1.30 bits per heavy atom. The van der Waals surface area contributed by atoms with E-state index >= 15 is 0 Å². The largest absolute Gasteiger partial charge is 0.443 e. The maximum absolute atomic E-state index is 12.5. The molecule has 0 heterocycles. The lowest BCUT2D eigenvalue weighted by Crippen LogP contribution is -2.54. The van der Waals surface area contributed by atoms with E-state index in [4.69, 9.17) is 15.4 Å². The smallest absolute Gasteiger partial charge is 0.417 e. The molecule has 0 saturated heterocycles. The zero-order chi connectivity index (χ0) is 18.4. The fraction of sp³-hybridized carbons (Fsp3) is 0.769. The van der Waals surface area contributed by atoms with Crippen LogP contribution in [0.1, 0.15) is 34.6 Å². The molecule has 2 atom stereocenters. The van der Waals surface area contributed by atoms with Gasteiger partial charge in [0.1, 0.15) is 17.9 Å². The molecular weight excluding hydrogens is 325 g/mol. The Morgan fingerprint density at radius 2 is 1.83 bits per heavy atom. The van der Waals surface area contributed by atoms with E-state index in [9.17, 15) is 18.9 Å². The van der Waals surface area contributed by atoms with Crippen LogP contribution in [0.2, 0.25) is 0 Å². The highest BCUT2D eigenvalue weighted by atomic mass is 31.1. The number of imide groups is 1. The molecule has 0 rings (SSSR count). The first-order valence-corrected chi connectivity index (χ1v) is 8.71. The van der Waals surface area contributed by atoms with Gasteiger partial charge in [0.25, 0.3) is 5.91 Å². The van der Waals surface area contributed by atoms with Gasteiger partial charge in [-0.3, -0.25) is 14.2 Å². The van der Waals surface area contributed by atoms with Gasteiger partial charge in [-0.15, -0.1) is 0 Å². The molecule has 1 unspecified atom stereocenters. The van der Waals surface area contributed by atoms with Crippen molar-refractivity contribution < 1.29 is 28.6 Å². The van der Waals surface area contributed by atoms with Crippen LogP contribution < -0.4 is 11.1 Å². The van der Waals surface area contributed by atoms with Crippen LogP contribution in [-0.2, 0) is 18.9 Å². The molecular formula is C13H26N3O6P. The standard InChI is InChI=1S/C13H26N3O6P/c1-8(2)10(15-9(17)6-14)11(18)16(7-23(20)21)12(19)22-13(3,4)5/h8,10,23H,6-7,14H2,1-5H3,(H,15,17)(H,20,21)/t10-/m0/s1. The monoisotopic (exact) mass is 351 g/mol. The van der Waals surface area contributed by atoms with Crippen molar-refractivity contribution in [3.8, 4) is 0 Å². The first-order valence-electron chi connectivity index (χ1n) is 7.14. The topological polar surface area (TPSA) is 139 Å². The molecule has 0 aliphatic heterocycles. The van der Waals surface area contributed by atoms with E-state index in [-0.39, 0.29) is 12.5 Å². The number of carbonyl (C=O) groups excluding carboxylic acids is 3. The summed E-state index contributed by atoms with van der Waals surface area (Å²) in [5.74, 6) is -1.75. The van der Waals surface area contributed by atoms with Crippen molar-refractivity contribution in [2.24, 2.45) is 11.7 Å². The lowest BCUT2D eigenvalue weighted by Gasteiger charge is -2.29. The maximum atomic E-state index is 12.5. The average Bonchev–Trinajstić information content (AvgIpc) is 2.38. The number of nitrogens with two attached hydrogens (primary N) is 1. The quantitative estimate of drug-likeness (QED) is 0.584. The molecule has 0 saturated carbocycles. The van der Waals surface area contributed by atoms with Crippen molar-refractivity contribution in [3.63, 3.8) is 0 Å². The SMILES string of the molecule is CC(C)[C@H](NC(=O)CN)C(=O)N(C[PH](=O)O)C(=O)OC(C)(C)C. The Balaban J connectivity index is 5.41. The minimum absolute atomic E-state index is 0.320. The third kappa shape index (κ3) is 8.11. The van der Waals surface area contributed by atoms with Gasteiger partial charge in [0, 0.05) is 0 Å². The van der Waals surface area contributed by atoms with E-state index in [0.29, 0.717) is 4.90 Å². The van der Waals surface area contributed by atoms with E-state index < -0.39 is 43.9 Å². The van der Waals surface area contributed by atoms with Crippen molar-refractivity contribution in [1.29, 1.82) is 0 Å². The summed E-state index contributed by atoms with van der Waals surface area (Å²) in [4.78, 5) is 45.8. The van der Waals surface area contributed by atoms with E-state index in [1.807, 2.05) is 0 Å². The molecule has 23 heavy (non-hydrogen) atoms. The van der Waals surface area contributed by atoms with Crippen LogP contribution in [0.25, 0.3) is 0 Å². The zero-order valence-corrected chi connectivity index (χ0v) is 15.1. The van der Waals surface area contributed by atoms with Gasteiger partial charge in [-0.2, -0.15) is 0 Å². The fourth-order valence-electron chi connectivity index (χ4n) is 1.60. The third-order valence-electron chi connectivity index (χ3n) is 2.61. The second kappa shape index (κ2) is 9.00. The summed E-state index contributed by atoms with van der Waals surface area (Å²) in [5, 5.41) is 2.40. The van der Waals surface area contributed by atoms with Gasteiger partial charge >= 0.3 is 6.09 Å². The Bertz CT molecular complexity index is 475. The van der Waals surface area contributed by atoms with Gasteiger partial charge in [0.2, 0.25) is 13.9 Å². The second-order valence-corrected chi connectivity index (χ2v) is 7.40. The number of hydrogen-bond donors (Lipinski definition) is 3. The predicted molar refractivity (Wildman–Crippen MR) is 85.0 cm³/mol. The fourth-order valence-corrected chi connectivity index (χ4v) is 2.15. The molecule has 0 aromatic carbocycles. The first kappa shape index (κ1) is 21.6. The lowest BCUT2D eigenvalue weighted by atomic mass is 10.0. The van der Waals surface area contributed by atoms with Crippen LogP contribution in [-0.4, -0.2) is 52.2 Å². The zero-order valence-electron chi connectivity index (χ0n) is 14.1. The van der Waals surface area contributed by atoms with Gasteiger partial charge in [0.15, 0.2) is 0 Å². The lowest BCUT2D eigenvalue weighted by molar-refractivity contribution is -0.136. The number of nitrogens with zero attached hydrogens (tertiary/aromatic N) is 1. The van der Waals surface area contributed by atoms with Crippen LogP contribution in [0.15, 0.2) is 0 Å². The van der Waals surface area contributed by atoms with E-state index in [2.05, 4.69) is 5.32 Å². The summed E-state index contributed by atoms with van der Waals surface area (Å²) in [6, 6.07) is -1.06. The highest BCUT2D eigenvalue weighted by Gasteiger charge is 2.35. The number of carbonyl (C=O) groups is 3. The van der Waals surface area contributed by atoms with Crippen LogP contribution in [0.4, 0.5) is 4.79 Å². The summed E-state index contributed by atoms with van der Waals surface area (Å²) in [7, 11) is -3.15. The molecule has 10 heteroatoms. The van der Waals surface area contributed by atoms with Gasteiger partial charge in [-0.25, -0.2) is 9.69 Å². The van der Waals surface area contributed by atoms with Gasteiger partial charge in [0.05, 0.1) is 6.54 Å². The summed E-state index contributed by atoms with van der Waals surface area (Å²) in [5.41, 5.74) is 4.33. The van der Waals surface area contributed by atoms with Gasteiger partial charge in [-0.05, 0) is 26.7 Å². The van der Waals surface area contributed by atoms with Crippen LogP contribution in [0.3, 0.4) is 0 Å². The van der Waals surface area contributed by atoms with E-state index in [1.165, 1.54) is 0 Å². The Kier molecular flexibility index (Phi) is 8.44. The highest BCUT2D eigenvalue weighted by Crippen LogP contribution is 2.20. The van der Waals surface area contributed by atoms with Crippen molar-refractivity contribution in [1.82, 2.24) is 10.2 Å². The van der Waals surface area contributed by atoms with Crippen LogP contribution in [0, 0.1) is 5.92 Å². The molecule has 4 N–H and O–H groups in total. The number of rotatable bonds is 6. The summed E-state index contributed by atoms with van der Waals surface area (Å²) in [6.07, 6.45) is -1.72. The molecule has 0 aromatic heterocycles. The molecule has 9 nitrogen and oxygen atoms in total. The molecule has 0 fully saturated rings. The maximum Gasteiger partial charge on any atom is 0.417 e. The molecule has 0 spiro atoms. The number of nitrogens with one attached hydrogen (secondary N) is 1. The van der Waals surface area contributed by atoms with Gasteiger partial charge in [-0.1, -0.05) is 13.8 Å². The molecule has 134 valence electrons. The Morgan fingerprint density at radius 3 is 2.17 bits per heavy atom.